The third-order valence-electron chi connectivity index (χ3n) is 5.40. The fraction of sp³-hybridized carbons (Fsp3) is 0.320. The molecule has 0 aliphatic carbocycles. The predicted octanol–water partition coefficient (Wildman–Crippen LogP) is 4.58. The van der Waals surface area contributed by atoms with Crippen LogP contribution >= 0.6 is 0 Å². The number of nitrogens with zero attached hydrogens (tertiary/aromatic N) is 5. The molecule has 0 radical (unpaired) electrons. The smallest absolute Gasteiger partial charge is 0.225 e. The summed E-state index contributed by atoms with van der Waals surface area (Å²) in [7, 11) is 0. The molecule has 4 aromatic rings. The van der Waals surface area contributed by atoms with Crippen molar-refractivity contribution < 1.29 is 4.79 Å². The van der Waals surface area contributed by atoms with E-state index in [4.69, 9.17) is 4.98 Å². The zero-order valence-electron chi connectivity index (χ0n) is 19.7. The summed E-state index contributed by atoms with van der Waals surface area (Å²) >= 11 is 0. The average Bonchev–Trinajstić information content (AvgIpc) is 3.11. The lowest BCUT2D eigenvalue weighted by molar-refractivity contribution is -0.116. The van der Waals surface area contributed by atoms with Crippen LogP contribution in [0.15, 0.2) is 36.4 Å². The van der Waals surface area contributed by atoms with Crippen LogP contribution in [0.1, 0.15) is 41.1 Å². The summed E-state index contributed by atoms with van der Waals surface area (Å²) in [6.45, 7) is 10.5. The standard InChI is InChI=1S/C25H29N7O/c1-15-8-6-9-20-16(2)12-21(30-24(15)20)32-22(14-19(5)31-32)29-23(33)10-7-11-26-25-27-17(3)13-18(4)28-25/h6,8-9,12-14H,7,10-11H2,1-5H3,(H,29,33)(H,26,27,28). The van der Waals surface area contributed by atoms with Crippen molar-refractivity contribution in [3.05, 3.63) is 64.6 Å². The van der Waals surface area contributed by atoms with Gasteiger partial charge in [-0.25, -0.2) is 15.0 Å². The number of hydrogen-bond donors (Lipinski definition) is 2. The molecule has 33 heavy (non-hydrogen) atoms. The van der Waals surface area contributed by atoms with Crippen molar-refractivity contribution in [2.45, 2.75) is 47.5 Å². The Morgan fingerprint density at radius 3 is 2.42 bits per heavy atom. The van der Waals surface area contributed by atoms with Crippen molar-refractivity contribution >= 4 is 28.6 Å². The monoisotopic (exact) mass is 443 g/mol. The van der Waals surface area contributed by atoms with E-state index in [-0.39, 0.29) is 5.91 Å². The van der Waals surface area contributed by atoms with Crippen LogP contribution in [0.4, 0.5) is 11.8 Å². The van der Waals surface area contributed by atoms with E-state index >= 15 is 0 Å². The van der Waals surface area contributed by atoms with Crippen LogP contribution < -0.4 is 10.6 Å². The molecule has 170 valence electrons. The van der Waals surface area contributed by atoms with Crippen molar-refractivity contribution in [3.8, 4) is 5.82 Å². The molecule has 8 heteroatoms. The zero-order chi connectivity index (χ0) is 23.5. The third kappa shape index (κ3) is 5.16. The Balaban J connectivity index is 1.44. The second-order valence-electron chi connectivity index (χ2n) is 8.40. The van der Waals surface area contributed by atoms with Crippen LogP contribution in [0.2, 0.25) is 0 Å². The first kappa shape index (κ1) is 22.4. The molecule has 0 unspecified atom stereocenters. The molecular weight excluding hydrogens is 414 g/mol. The summed E-state index contributed by atoms with van der Waals surface area (Å²) in [5.74, 6) is 1.82. The lowest BCUT2D eigenvalue weighted by Crippen LogP contribution is -2.17. The molecule has 2 N–H and O–H groups in total. The van der Waals surface area contributed by atoms with Crippen molar-refractivity contribution in [3.63, 3.8) is 0 Å². The van der Waals surface area contributed by atoms with Crippen LogP contribution in [0.3, 0.4) is 0 Å². The van der Waals surface area contributed by atoms with Gasteiger partial charge in [0.25, 0.3) is 0 Å². The molecule has 1 amide bonds. The number of para-hydroxylation sites is 1. The number of pyridine rings is 1. The van der Waals surface area contributed by atoms with Crippen molar-refractivity contribution in [1.29, 1.82) is 0 Å². The van der Waals surface area contributed by atoms with Crippen LogP contribution in [0, 0.1) is 34.6 Å². The number of rotatable bonds is 7. The van der Waals surface area contributed by atoms with Crippen LogP contribution in [0.25, 0.3) is 16.7 Å². The number of hydrogen-bond acceptors (Lipinski definition) is 6. The quantitative estimate of drug-likeness (QED) is 0.406. The molecule has 0 atom stereocenters. The van der Waals surface area contributed by atoms with Crippen LogP contribution in [0.5, 0.6) is 0 Å². The van der Waals surface area contributed by atoms with Crippen molar-refractivity contribution in [2.75, 3.05) is 17.2 Å². The topological polar surface area (TPSA) is 97.6 Å². The molecule has 3 aromatic heterocycles. The first-order valence-corrected chi connectivity index (χ1v) is 11.1. The fourth-order valence-electron chi connectivity index (χ4n) is 3.87. The summed E-state index contributed by atoms with van der Waals surface area (Å²) in [5, 5.41) is 11.9. The fourth-order valence-corrected chi connectivity index (χ4v) is 3.87. The normalized spacial score (nSPS) is 11.1. The third-order valence-corrected chi connectivity index (χ3v) is 5.40. The first-order chi connectivity index (χ1) is 15.8. The van der Waals surface area contributed by atoms with Crippen molar-refractivity contribution in [2.24, 2.45) is 0 Å². The number of carbonyl (C=O) groups is 1. The number of fused-ring (bicyclic) bond motifs is 1. The first-order valence-electron chi connectivity index (χ1n) is 11.1. The molecule has 3 heterocycles. The maximum atomic E-state index is 12.6. The SMILES string of the molecule is Cc1cc(C)nc(NCCCC(=O)Nc2cc(C)nn2-c2cc(C)c3cccc(C)c3n2)n1. The van der Waals surface area contributed by atoms with Gasteiger partial charge in [-0.2, -0.15) is 9.78 Å². The van der Waals surface area contributed by atoms with Gasteiger partial charge < -0.3 is 10.6 Å². The molecule has 0 spiro atoms. The van der Waals surface area contributed by atoms with E-state index in [0.29, 0.717) is 37.0 Å². The number of nitrogens with one attached hydrogen (secondary N) is 2. The largest absolute Gasteiger partial charge is 0.354 e. The molecule has 4 rings (SSSR count). The maximum Gasteiger partial charge on any atom is 0.225 e. The molecule has 1 aromatic carbocycles. The summed E-state index contributed by atoms with van der Waals surface area (Å²) in [4.78, 5) is 26.2. The summed E-state index contributed by atoms with van der Waals surface area (Å²) in [5.41, 5.74) is 5.80. The second kappa shape index (κ2) is 9.36. The number of aromatic nitrogens is 5. The molecule has 0 aliphatic rings. The number of benzene rings is 1. The molecule has 0 saturated carbocycles. The summed E-state index contributed by atoms with van der Waals surface area (Å²) < 4.78 is 1.70. The Morgan fingerprint density at radius 2 is 1.67 bits per heavy atom. The van der Waals surface area contributed by atoms with Gasteiger partial charge in [0.1, 0.15) is 5.82 Å². The van der Waals surface area contributed by atoms with E-state index in [2.05, 4.69) is 38.7 Å². The average molecular weight is 444 g/mol. The Hall–Kier alpha value is -3.81. The highest BCUT2D eigenvalue weighted by atomic mass is 16.1. The number of aryl methyl sites for hydroxylation is 5. The minimum atomic E-state index is -0.0759. The zero-order valence-corrected chi connectivity index (χ0v) is 19.7. The van der Waals surface area contributed by atoms with Crippen molar-refractivity contribution in [1.82, 2.24) is 24.7 Å². The lowest BCUT2D eigenvalue weighted by Gasteiger charge is -2.12. The van der Waals surface area contributed by atoms with Gasteiger partial charge in [0, 0.05) is 35.8 Å². The highest BCUT2D eigenvalue weighted by Gasteiger charge is 2.14. The Morgan fingerprint density at radius 1 is 0.909 bits per heavy atom. The summed E-state index contributed by atoms with van der Waals surface area (Å²) in [6, 6.07) is 11.9. The molecule has 0 saturated heterocycles. The van der Waals surface area contributed by atoms with E-state index < -0.39 is 0 Å². The number of anilines is 2. The summed E-state index contributed by atoms with van der Waals surface area (Å²) in [6.07, 6.45) is 1.02. The molecule has 0 bridgehead atoms. The second-order valence-corrected chi connectivity index (χ2v) is 8.40. The Kier molecular flexibility index (Phi) is 6.35. The number of amides is 1. The maximum absolute atomic E-state index is 12.6. The molecular formula is C25H29N7O. The number of carbonyl (C=O) groups excluding carboxylic acids is 1. The van der Waals surface area contributed by atoms with Gasteiger partial charge in [-0.3, -0.25) is 4.79 Å². The van der Waals surface area contributed by atoms with Crippen LogP contribution in [-0.4, -0.2) is 37.2 Å². The van der Waals surface area contributed by atoms with Gasteiger partial charge in [-0.1, -0.05) is 18.2 Å². The molecule has 8 nitrogen and oxygen atoms in total. The van der Waals surface area contributed by atoms with E-state index in [9.17, 15) is 4.79 Å². The van der Waals surface area contributed by atoms with Gasteiger partial charge in [-0.15, -0.1) is 0 Å². The highest BCUT2D eigenvalue weighted by Crippen LogP contribution is 2.24. The Labute approximate surface area is 193 Å². The minimum absolute atomic E-state index is 0.0759. The van der Waals surface area contributed by atoms with Gasteiger partial charge in [0.2, 0.25) is 11.9 Å². The van der Waals surface area contributed by atoms with E-state index in [1.165, 1.54) is 0 Å². The lowest BCUT2D eigenvalue weighted by atomic mass is 10.1. The molecule has 0 aliphatic heterocycles. The molecule has 0 fully saturated rings. The van der Waals surface area contributed by atoms with Gasteiger partial charge in [0.05, 0.1) is 11.2 Å². The minimum Gasteiger partial charge on any atom is -0.354 e. The van der Waals surface area contributed by atoms with Crippen LogP contribution in [-0.2, 0) is 4.79 Å². The van der Waals surface area contributed by atoms with Gasteiger partial charge in [-0.05, 0) is 64.3 Å². The van der Waals surface area contributed by atoms with E-state index in [1.807, 2.05) is 58.0 Å². The van der Waals surface area contributed by atoms with Gasteiger partial charge in [0.15, 0.2) is 5.82 Å². The van der Waals surface area contributed by atoms with E-state index in [0.717, 1.165) is 39.1 Å². The van der Waals surface area contributed by atoms with E-state index in [1.54, 1.807) is 4.68 Å². The highest BCUT2D eigenvalue weighted by molar-refractivity contribution is 5.90. The predicted molar refractivity (Wildman–Crippen MR) is 131 cm³/mol. The Bertz CT molecular complexity index is 1310. The van der Waals surface area contributed by atoms with Gasteiger partial charge >= 0.3 is 0 Å².